The van der Waals surface area contributed by atoms with E-state index in [1.807, 2.05) is 30.5 Å². The van der Waals surface area contributed by atoms with Gasteiger partial charge in [0.05, 0.1) is 39.5 Å². The topological polar surface area (TPSA) is 91.5 Å². The van der Waals surface area contributed by atoms with E-state index in [9.17, 15) is 9.90 Å². The maximum absolute atomic E-state index is 11.0. The maximum Gasteiger partial charge on any atom is 0.310 e. The highest BCUT2D eigenvalue weighted by Gasteiger charge is 2.42. The number of benzene rings is 2. The van der Waals surface area contributed by atoms with E-state index in [0.29, 0.717) is 33.1 Å². The van der Waals surface area contributed by atoms with Gasteiger partial charge in [0.15, 0.2) is 0 Å². The number of carboxylic acid groups (broad SMARTS) is 1. The molecular weight excluding hydrogens is 547 g/mol. The number of carbonyl (C=O) groups is 1. The molecule has 0 saturated carbocycles. The minimum atomic E-state index is -0.888. The molecule has 0 spiro atoms. The second-order valence-electron chi connectivity index (χ2n) is 10.5. The number of aliphatic hydroxyl groups is 1. The van der Waals surface area contributed by atoms with Gasteiger partial charge in [-0.25, -0.2) is 4.68 Å². The molecule has 4 aromatic rings. The zero-order chi connectivity index (χ0) is 28.4. The molecule has 40 heavy (non-hydrogen) atoms. The average Bonchev–Trinajstić information content (AvgIpc) is 3.42. The smallest absolute Gasteiger partial charge is 0.310 e. The van der Waals surface area contributed by atoms with Crippen LogP contribution in [0, 0.1) is 11.8 Å². The van der Waals surface area contributed by atoms with Gasteiger partial charge in [0.2, 0.25) is 0 Å². The van der Waals surface area contributed by atoms with Crippen molar-refractivity contribution in [3.8, 4) is 5.69 Å². The van der Waals surface area contributed by atoms with Gasteiger partial charge in [0, 0.05) is 30.4 Å². The molecule has 2 aromatic heterocycles. The van der Waals surface area contributed by atoms with Crippen LogP contribution in [0.2, 0.25) is 10.0 Å². The number of halogens is 2. The van der Waals surface area contributed by atoms with Gasteiger partial charge in [-0.1, -0.05) is 53.5 Å². The monoisotopic (exact) mass is 578 g/mol. The van der Waals surface area contributed by atoms with Crippen molar-refractivity contribution in [3.05, 3.63) is 101 Å². The fourth-order valence-corrected chi connectivity index (χ4v) is 6.25. The van der Waals surface area contributed by atoms with Crippen LogP contribution in [0.5, 0.6) is 0 Å². The molecular formula is C31H32Cl2N4O3. The van der Waals surface area contributed by atoms with Crippen LogP contribution in [-0.2, 0) is 4.79 Å². The predicted octanol–water partition coefficient (Wildman–Crippen LogP) is 6.53. The Bertz CT molecular complexity index is 1520. The molecule has 2 N–H and O–H groups in total. The number of hydrogen-bond acceptors (Lipinski definition) is 5. The minimum Gasteiger partial charge on any atom is -0.481 e. The van der Waals surface area contributed by atoms with Crippen LogP contribution in [0.15, 0.2) is 79.8 Å². The zero-order valence-corrected chi connectivity index (χ0v) is 23.7. The number of fused-ring (bicyclic) bond motifs is 4. The van der Waals surface area contributed by atoms with Gasteiger partial charge in [-0.05, 0) is 73.5 Å². The van der Waals surface area contributed by atoms with Crippen molar-refractivity contribution in [2.45, 2.75) is 37.8 Å². The quantitative estimate of drug-likeness (QED) is 0.253. The second kappa shape index (κ2) is 12.1. The van der Waals surface area contributed by atoms with Crippen LogP contribution in [0.4, 0.5) is 0 Å². The normalized spacial score (nSPS) is 23.2. The van der Waals surface area contributed by atoms with Crippen molar-refractivity contribution < 1.29 is 15.0 Å². The Labute approximate surface area is 243 Å². The third-order valence-corrected chi connectivity index (χ3v) is 8.66. The fourth-order valence-electron chi connectivity index (χ4n) is 5.84. The number of carboxylic acids is 1. The van der Waals surface area contributed by atoms with E-state index in [2.05, 4.69) is 33.7 Å². The number of aliphatic carboxylic acids is 1. The Balaban J connectivity index is 0.000000165. The molecule has 3 saturated heterocycles. The van der Waals surface area contributed by atoms with Crippen LogP contribution in [-0.4, -0.2) is 55.0 Å². The second-order valence-corrected chi connectivity index (χ2v) is 11.3. The van der Waals surface area contributed by atoms with Crippen LogP contribution in [0.25, 0.3) is 16.6 Å². The number of aromatic nitrogens is 3. The fraction of sp³-hybridized carbons (Fsp3) is 0.323. The van der Waals surface area contributed by atoms with E-state index in [4.69, 9.17) is 28.3 Å². The summed E-state index contributed by atoms with van der Waals surface area (Å²) in [5, 5.41) is 26.0. The molecule has 0 aliphatic carbocycles. The van der Waals surface area contributed by atoms with E-state index in [1.165, 1.54) is 12.6 Å². The number of aliphatic hydroxyl groups excluding tert-OH is 1. The molecule has 2 bridgehead atoms. The molecule has 2 unspecified atom stereocenters. The summed E-state index contributed by atoms with van der Waals surface area (Å²) < 4.78 is 1.54. The molecule has 6 atom stereocenters. The van der Waals surface area contributed by atoms with Crippen molar-refractivity contribution in [3.63, 3.8) is 0 Å². The highest BCUT2D eigenvalue weighted by atomic mass is 35.5. The van der Waals surface area contributed by atoms with Gasteiger partial charge in [-0.15, -0.1) is 6.58 Å². The van der Waals surface area contributed by atoms with E-state index in [1.54, 1.807) is 36.0 Å². The summed E-state index contributed by atoms with van der Waals surface area (Å²) in [6.45, 7) is 7.72. The Hall–Kier alpha value is -3.23. The lowest BCUT2D eigenvalue weighted by Gasteiger charge is -2.50. The first-order valence-corrected chi connectivity index (χ1v) is 14.1. The summed E-state index contributed by atoms with van der Waals surface area (Å²) in [4.78, 5) is 17.7. The first kappa shape index (κ1) is 28.3. The number of hydrogen-bond donors (Lipinski definition) is 2. The SMILES string of the molecule is C=C[C@H]1CN2CC[C@H]1C[C@H]2[C@H](O)c1ccnc2ccccc12.CC(C(=O)O)c1ccc(-n2cc(Cl)cn2)c(Cl)c1. The van der Waals surface area contributed by atoms with Crippen molar-refractivity contribution >= 4 is 40.1 Å². The number of para-hydroxylation sites is 1. The summed E-state index contributed by atoms with van der Waals surface area (Å²) in [7, 11) is 0. The van der Waals surface area contributed by atoms with Gasteiger partial charge in [-0.2, -0.15) is 5.10 Å². The Morgan fingerprint density at radius 1 is 1.20 bits per heavy atom. The first-order valence-electron chi connectivity index (χ1n) is 13.4. The molecule has 9 heteroatoms. The van der Waals surface area contributed by atoms with Crippen LogP contribution in [0.1, 0.15) is 42.9 Å². The molecule has 3 aliphatic rings. The van der Waals surface area contributed by atoms with Crippen LogP contribution in [0.3, 0.4) is 0 Å². The van der Waals surface area contributed by atoms with Crippen molar-refractivity contribution in [1.82, 2.24) is 19.7 Å². The van der Waals surface area contributed by atoms with Crippen molar-refractivity contribution in [2.24, 2.45) is 11.8 Å². The summed E-state index contributed by atoms with van der Waals surface area (Å²) in [6.07, 6.45) is 8.90. The lowest BCUT2D eigenvalue weighted by molar-refractivity contribution is -0.138. The number of pyridine rings is 1. The Morgan fingerprint density at radius 2 is 2.00 bits per heavy atom. The lowest BCUT2D eigenvalue weighted by Crippen LogP contribution is -2.54. The van der Waals surface area contributed by atoms with E-state index < -0.39 is 18.0 Å². The maximum atomic E-state index is 11.0. The standard InChI is InChI=1S/C19H22N2O.C12H10Cl2N2O2/c1-2-13-12-21-10-8-14(13)11-18(21)19(22)16-7-9-20-17-6-4-3-5-15(16)17;1-7(12(17)18)8-2-3-11(10(14)4-8)16-6-9(13)5-15-16/h2-7,9,13-14,18-19,22H,1,8,10-12H2;2-7H,1H3,(H,17,18)/t13-,14-,18-,19+;/m0./s1. The van der Waals surface area contributed by atoms with Gasteiger partial charge < -0.3 is 10.2 Å². The number of piperidine rings is 3. The lowest BCUT2D eigenvalue weighted by atomic mass is 9.73. The Kier molecular flexibility index (Phi) is 8.57. The summed E-state index contributed by atoms with van der Waals surface area (Å²) in [5.74, 6) is -0.222. The molecule has 0 radical (unpaired) electrons. The minimum absolute atomic E-state index is 0.223. The van der Waals surface area contributed by atoms with Crippen molar-refractivity contribution in [2.75, 3.05) is 13.1 Å². The summed E-state index contributed by atoms with van der Waals surface area (Å²) in [5.41, 5.74) is 3.27. The van der Waals surface area contributed by atoms with Gasteiger partial charge in [-0.3, -0.25) is 14.7 Å². The number of rotatable bonds is 6. The van der Waals surface area contributed by atoms with Gasteiger partial charge in [0.1, 0.15) is 0 Å². The zero-order valence-electron chi connectivity index (χ0n) is 22.2. The number of nitrogens with zero attached hydrogens (tertiary/aromatic N) is 4. The highest BCUT2D eigenvalue weighted by Crippen LogP contribution is 2.42. The van der Waals surface area contributed by atoms with Gasteiger partial charge in [0.25, 0.3) is 0 Å². The van der Waals surface area contributed by atoms with Crippen LogP contribution >= 0.6 is 23.2 Å². The van der Waals surface area contributed by atoms with E-state index in [0.717, 1.165) is 36.0 Å². The van der Waals surface area contributed by atoms with Gasteiger partial charge >= 0.3 is 5.97 Å². The van der Waals surface area contributed by atoms with E-state index in [-0.39, 0.29) is 6.04 Å². The molecule has 3 aliphatic heterocycles. The molecule has 7 nitrogen and oxygen atoms in total. The highest BCUT2D eigenvalue weighted by molar-refractivity contribution is 6.32. The molecule has 7 rings (SSSR count). The van der Waals surface area contributed by atoms with E-state index >= 15 is 0 Å². The predicted molar refractivity (Wildman–Crippen MR) is 158 cm³/mol. The average molecular weight is 580 g/mol. The Morgan fingerprint density at radius 3 is 2.65 bits per heavy atom. The summed E-state index contributed by atoms with van der Waals surface area (Å²) in [6, 6.07) is 15.3. The molecule has 0 amide bonds. The van der Waals surface area contributed by atoms with Crippen molar-refractivity contribution in [1.29, 1.82) is 0 Å². The third kappa shape index (κ3) is 5.79. The third-order valence-electron chi connectivity index (χ3n) is 8.16. The first-order chi connectivity index (χ1) is 19.3. The summed E-state index contributed by atoms with van der Waals surface area (Å²) >= 11 is 11.9. The molecule has 2 aromatic carbocycles. The molecule has 3 fully saturated rings. The van der Waals surface area contributed by atoms with Crippen LogP contribution < -0.4 is 0 Å². The molecule has 5 heterocycles. The largest absolute Gasteiger partial charge is 0.481 e. The molecule has 208 valence electrons.